The van der Waals surface area contributed by atoms with Gasteiger partial charge in [0.15, 0.2) is 5.90 Å². The topological polar surface area (TPSA) is 58.9 Å². The number of nitrogens with zero attached hydrogens (tertiary/aromatic N) is 1. The molecule has 17 heavy (non-hydrogen) atoms. The van der Waals surface area contributed by atoms with Gasteiger partial charge in [0.25, 0.3) is 0 Å². The van der Waals surface area contributed by atoms with Crippen LogP contribution >= 0.6 is 15.9 Å². The van der Waals surface area contributed by atoms with Gasteiger partial charge in [-0.3, -0.25) is 9.79 Å². The van der Waals surface area contributed by atoms with E-state index >= 15 is 0 Å². The first-order valence-electron chi connectivity index (χ1n) is 5.32. The van der Waals surface area contributed by atoms with Gasteiger partial charge in [0, 0.05) is 10.9 Å². The van der Waals surface area contributed by atoms with Gasteiger partial charge in [-0.05, 0) is 17.7 Å². The van der Waals surface area contributed by atoms with Crippen molar-refractivity contribution >= 4 is 27.8 Å². The second-order valence-electron chi connectivity index (χ2n) is 3.79. The van der Waals surface area contributed by atoms with Crippen molar-refractivity contribution in [3.05, 3.63) is 34.3 Å². The number of hydrogen-bond acceptors (Lipinski definition) is 3. The summed E-state index contributed by atoms with van der Waals surface area (Å²) in [6, 6.07) is 7.86. The molecule has 2 rings (SSSR count). The Morgan fingerprint density at radius 3 is 2.82 bits per heavy atom. The predicted octanol–water partition coefficient (Wildman–Crippen LogP) is 2.78. The molecule has 0 aromatic heterocycles. The second-order valence-corrected chi connectivity index (χ2v) is 4.70. The van der Waals surface area contributed by atoms with E-state index in [0.717, 1.165) is 10.0 Å². The lowest BCUT2D eigenvalue weighted by molar-refractivity contribution is -0.136. The number of halogens is 1. The second kappa shape index (κ2) is 5.31. The van der Waals surface area contributed by atoms with Crippen LogP contribution < -0.4 is 0 Å². The lowest BCUT2D eigenvalue weighted by atomic mass is 10.1. The molecule has 1 unspecified atom stereocenters. The molecule has 4 nitrogen and oxygen atoms in total. The van der Waals surface area contributed by atoms with Gasteiger partial charge < -0.3 is 9.84 Å². The van der Waals surface area contributed by atoms with Crippen LogP contribution in [0.3, 0.4) is 0 Å². The first kappa shape index (κ1) is 12.1. The Balaban J connectivity index is 1.91. The minimum atomic E-state index is -0.830. The minimum absolute atomic E-state index is 0.0614. The highest BCUT2D eigenvalue weighted by Crippen LogP contribution is 2.25. The lowest BCUT2D eigenvalue weighted by Crippen LogP contribution is -2.07. The number of ether oxygens (including phenoxy) is 1. The Kier molecular flexibility index (Phi) is 3.78. The summed E-state index contributed by atoms with van der Waals surface area (Å²) in [4.78, 5) is 14.6. The SMILES string of the molecule is O=C(O)CCC1=NCC(c2ccc(Br)cc2)O1. The van der Waals surface area contributed by atoms with Crippen molar-refractivity contribution in [3.63, 3.8) is 0 Å². The highest BCUT2D eigenvalue weighted by Gasteiger charge is 2.21. The van der Waals surface area contributed by atoms with Crippen molar-refractivity contribution in [2.45, 2.75) is 18.9 Å². The highest BCUT2D eigenvalue weighted by atomic mass is 79.9. The van der Waals surface area contributed by atoms with E-state index in [1.807, 2.05) is 24.3 Å². The largest absolute Gasteiger partial charge is 0.481 e. The van der Waals surface area contributed by atoms with Crippen molar-refractivity contribution in [1.82, 2.24) is 0 Å². The van der Waals surface area contributed by atoms with Crippen LogP contribution in [0.2, 0.25) is 0 Å². The Hall–Kier alpha value is -1.36. The molecule has 1 N–H and O–H groups in total. The van der Waals surface area contributed by atoms with Crippen molar-refractivity contribution in [1.29, 1.82) is 0 Å². The molecule has 5 heteroatoms. The molecule has 1 atom stereocenters. The monoisotopic (exact) mass is 297 g/mol. The standard InChI is InChI=1S/C12H12BrNO3/c13-9-3-1-8(2-4-9)10-7-14-11(17-10)5-6-12(15)16/h1-4,10H,5-7H2,(H,15,16). The van der Waals surface area contributed by atoms with Gasteiger partial charge in [-0.1, -0.05) is 28.1 Å². The number of carboxylic acids is 1. The molecule has 0 spiro atoms. The van der Waals surface area contributed by atoms with E-state index < -0.39 is 5.97 Å². The molecule has 0 saturated heterocycles. The molecule has 0 aliphatic carbocycles. The average Bonchev–Trinajstić information content (AvgIpc) is 2.76. The van der Waals surface area contributed by atoms with Crippen molar-refractivity contribution in [2.75, 3.05) is 6.54 Å². The van der Waals surface area contributed by atoms with Crippen LogP contribution in [0.4, 0.5) is 0 Å². The Bertz CT molecular complexity index is 442. The molecule has 1 aromatic rings. The zero-order chi connectivity index (χ0) is 12.3. The Morgan fingerprint density at radius 1 is 1.47 bits per heavy atom. The van der Waals surface area contributed by atoms with E-state index in [-0.39, 0.29) is 12.5 Å². The maximum Gasteiger partial charge on any atom is 0.303 e. The fourth-order valence-electron chi connectivity index (χ4n) is 1.63. The molecule has 1 heterocycles. The normalized spacial score (nSPS) is 18.6. The third kappa shape index (κ3) is 3.30. The van der Waals surface area contributed by atoms with Crippen LogP contribution in [0.5, 0.6) is 0 Å². The average molecular weight is 298 g/mol. The number of rotatable bonds is 4. The van der Waals surface area contributed by atoms with Crippen molar-refractivity contribution < 1.29 is 14.6 Å². The molecule has 0 radical (unpaired) electrons. The van der Waals surface area contributed by atoms with E-state index in [2.05, 4.69) is 20.9 Å². The quantitative estimate of drug-likeness (QED) is 0.930. The van der Waals surface area contributed by atoms with Crippen molar-refractivity contribution in [2.24, 2.45) is 4.99 Å². The number of hydrogen-bond donors (Lipinski definition) is 1. The van der Waals surface area contributed by atoms with E-state index in [1.165, 1.54) is 0 Å². The first-order chi connectivity index (χ1) is 8.15. The molecule has 0 saturated carbocycles. The van der Waals surface area contributed by atoms with Gasteiger partial charge in [-0.25, -0.2) is 0 Å². The number of benzene rings is 1. The lowest BCUT2D eigenvalue weighted by Gasteiger charge is -2.11. The van der Waals surface area contributed by atoms with E-state index in [0.29, 0.717) is 18.9 Å². The zero-order valence-corrected chi connectivity index (χ0v) is 10.7. The summed E-state index contributed by atoms with van der Waals surface area (Å²) >= 11 is 3.37. The van der Waals surface area contributed by atoms with Gasteiger partial charge in [0.2, 0.25) is 0 Å². The van der Waals surface area contributed by atoms with Crippen molar-refractivity contribution in [3.8, 4) is 0 Å². The number of carboxylic acid groups (broad SMARTS) is 1. The molecule has 0 amide bonds. The van der Waals surface area contributed by atoms with Crippen LogP contribution in [0, 0.1) is 0 Å². The van der Waals surface area contributed by atoms with E-state index in [9.17, 15) is 4.79 Å². The molecular formula is C12H12BrNO3. The van der Waals surface area contributed by atoms with Gasteiger partial charge in [0.05, 0.1) is 13.0 Å². The van der Waals surface area contributed by atoms with Gasteiger partial charge in [-0.2, -0.15) is 0 Å². The fourth-order valence-corrected chi connectivity index (χ4v) is 1.89. The molecule has 90 valence electrons. The summed E-state index contributed by atoms with van der Waals surface area (Å²) in [6.45, 7) is 0.566. The van der Waals surface area contributed by atoms with Crippen LogP contribution in [0.1, 0.15) is 24.5 Å². The summed E-state index contributed by atoms with van der Waals surface area (Å²) in [6.07, 6.45) is 0.348. The molecule has 0 bridgehead atoms. The molecule has 1 aromatic carbocycles. The maximum absolute atomic E-state index is 10.4. The Morgan fingerprint density at radius 2 is 2.18 bits per heavy atom. The van der Waals surface area contributed by atoms with Crippen LogP contribution in [-0.4, -0.2) is 23.5 Å². The third-order valence-electron chi connectivity index (χ3n) is 2.51. The number of aliphatic carboxylic acids is 1. The predicted molar refractivity (Wildman–Crippen MR) is 67.1 cm³/mol. The van der Waals surface area contributed by atoms with Gasteiger partial charge in [0.1, 0.15) is 6.10 Å². The molecule has 1 aliphatic rings. The van der Waals surface area contributed by atoms with Crippen LogP contribution in [0.15, 0.2) is 33.7 Å². The minimum Gasteiger partial charge on any atom is -0.481 e. The summed E-state index contributed by atoms with van der Waals surface area (Å²) in [5, 5.41) is 8.57. The summed E-state index contributed by atoms with van der Waals surface area (Å²) in [5.74, 6) is -0.288. The smallest absolute Gasteiger partial charge is 0.303 e. The van der Waals surface area contributed by atoms with Gasteiger partial charge in [-0.15, -0.1) is 0 Å². The molecule has 0 fully saturated rings. The number of carbonyl (C=O) groups is 1. The molecular weight excluding hydrogens is 286 g/mol. The summed E-state index contributed by atoms with van der Waals surface area (Å²) in [7, 11) is 0. The van der Waals surface area contributed by atoms with Crippen LogP contribution in [0.25, 0.3) is 0 Å². The number of aliphatic imine (C=N–C) groups is 1. The zero-order valence-electron chi connectivity index (χ0n) is 9.10. The first-order valence-corrected chi connectivity index (χ1v) is 6.11. The molecule has 1 aliphatic heterocycles. The van der Waals surface area contributed by atoms with E-state index in [1.54, 1.807) is 0 Å². The Labute approximate surface area is 107 Å². The van der Waals surface area contributed by atoms with E-state index in [4.69, 9.17) is 9.84 Å². The summed E-state index contributed by atoms with van der Waals surface area (Å²) < 4.78 is 6.63. The third-order valence-corrected chi connectivity index (χ3v) is 3.03. The van der Waals surface area contributed by atoms with Crippen LogP contribution in [-0.2, 0) is 9.53 Å². The summed E-state index contributed by atoms with van der Waals surface area (Å²) in [5.41, 5.74) is 1.06. The highest BCUT2D eigenvalue weighted by molar-refractivity contribution is 9.10. The maximum atomic E-state index is 10.4. The van der Waals surface area contributed by atoms with Gasteiger partial charge >= 0.3 is 5.97 Å². The fraction of sp³-hybridized carbons (Fsp3) is 0.333.